The van der Waals surface area contributed by atoms with Crippen molar-refractivity contribution in [3.05, 3.63) is 41.1 Å². The summed E-state index contributed by atoms with van der Waals surface area (Å²) in [6.45, 7) is 7.11. The van der Waals surface area contributed by atoms with Gasteiger partial charge in [0.05, 0.1) is 11.7 Å². The van der Waals surface area contributed by atoms with Crippen molar-refractivity contribution in [2.24, 2.45) is 7.05 Å². The maximum Gasteiger partial charge on any atom is 0.106 e. The lowest BCUT2D eigenvalue weighted by Crippen LogP contribution is -2.24. The van der Waals surface area contributed by atoms with Crippen molar-refractivity contribution in [3.63, 3.8) is 0 Å². The average molecular weight is 247 g/mol. The Bertz CT molecular complexity index is 513. The van der Waals surface area contributed by atoms with Crippen LogP contribution in [0.15, 0.2) is 22.7 Å². The van der Waals surface area contributed by atoms with E-state index < -0.39 is 0 Å². The maximum absolute atomic E-state index is 5.63. The zero-order chi connectivity index (χ0) is 13.1. The highest BCUT2D eigenvalue weighted by molar-refractivity contribution is 5.30. The summed E-state index contributed by atoms with van der Waals surface area (Å²) in [7, 11) is 1.94. The van der Waals surface area contributed by atoms with Crippen LogP contribution < -0.4 is 5.32 Å². The molecule has 0 saturated carbocycles. The van der Waals surface area contributed by atoms with Crippen LogP contribution in [0.2, 0.25) is 0 Å². The van der Waals surface area contributed by atoms with Crippen LogP contribution in [0.5, 0.6) is 0 Å². The molecule has 1 atom stereocenters. The lowest BCUT2D eigenvalue weighted by molar-refractivity contribution is 0.491. The van der Waals surface area contributed by atoms with E-state index in [0.717, 1.165) is 30.2 Å². The minimum Gasteiger partial charge on any atom is -0.466 e. The smallest absolute Gasteiger partial charge is 0.106 e. The zero-order valence-corrected chi connectivity index (χ0v) is 11.5. The quantitative estimate of drug-likeness (QED) is 0.883. The van der Waals surface area contributed by atoms with Crippen molar-refractivity contribution >= 4 is 0 Å². The minimum absolute atomic E-state index is 0.114. The van der Waals surface area contributed by atoms with Gasteiger partial charge in [-0.15, -0.1) is 0 Å². The Morgan fingerprint density at radius 3 is 2.72 bits per heavy atom. The predicted molar refractivity (Wildman–Crippen MR) is 71.5 cm³/mol. The molecule has 98 valence electrons. The molecule has 0 aromatic carbocycles. The maximum atomic E-state index is 5.63. The van der Waals surface area contributed by atoms with Gasteiger partial charge >= 0.3 is 0 Å². The number of aromatic nitrogens is 2. The Balaban J connectivity index is 2.33. The van der Waals surface area contributed by atoms with Crippen LogP contribution in [0.25, 0.3) is 0 Å². The molecule has 0 radical (unpaired) electrons. The molecule has 2 aromatic rings. The van der Waals surface area contributed by atoms with Crippen LogP contribution in [0, 0.1) is 13.8 Å². The summed E-state index contributed by atoms with van der Waals surface area (Å²) in [5.74, 6) is 1.91. The summed E-state index contributed by atoms with van der Waals surface area (Å²) < 4.78 is 7.46. The highest BCUT2D eigenvalue weighted by Crippen LogP contribution is 2.26. The second-order valence-electron chi connectivity index (χ2n) is 4.67. The van der Waals surface area contributed by atoms with E-state index in [1.54, 1.807) is 0 Å². The molecule has 18 heavy (non-hydrogen) atoms. The molecule has 0 aliphatic carbocycles. The fraction of sp³-hybridized carbons (Fsp3) is 0.500. The lowest BCUT2D eigenvalue weighted by atomic mass is 10.0. The van der Waals surface area contributed by atoms with Gasteiger partial charge in [-0.25, -0.2) is 0 Å². The largest absolute Gasteiger partial charge is 0.466 e. The molecular weight excluding hydrogens is 226 g/mol. The Morgan fingerprint density at radius 2 is 2.22 bits per heavy atom. The van der Waals surface area contributed by atoms with E-state index in [0.29, 0.717) is 0 Å². The van der Waals surface area contributed by atoms with Crippen molar-refractivity contribution in [1.82, 2.24) is 15.1 Å². The van der Waals surface area contributed by atoms with Gasteiger partial charge in [0.1, 0.15) is 11.5 Å². The number of aryl methyl sites for hydroxylation is 3. The van der Waals surface area contributed by atoms with Gasteiger partial charge in [0.25, 0.3) is 0 Å². The second-order valence-corrected chi connectivity index (χ2v) is 4.67. The fourth-order valence-corrected chi connectivity index (χ4v) is 2.19. The topological polar surface area (TPSA) is 43.0 Å². The van der Waals surface area contributed by atoms with Crippen molar-refractivity contribution in [1.29, 1.82) is 0 Å². The third kappa shape index (κ3) is 2.64. The number of nitrogens with one attached hydrogen (secondary N) is 1. The Kier molecular flexibility index (Phi) is 3.87. The molecule has 0 aliphatic rings. The van der Waals surface area contributed by atoms with E-state index in [-0.39, 0.29) is 6.04 Å². The first-order chi connectivity index (χ1) is 8.61. The van der Waals surface area contributed by atoms with Gasteiger partial charge < -0.3 is 9.73 Å². The van der Waals surface area contributed by atoms with Crippen LogP contribution in [0.3, 0.4) is 0 Å². The van der Waals surface area contributed by atoms with Gasteiger partial charge in [-0.3, -0.25) is 4.68 Å². The second kappa shape index (κ2) is 5.40. The van der Waals surface area contributed by atoms with Crippen molar-refractivity contribution < 1.29 is 4.42 Å². The first-order valence-electron chi connectivity index (χ1n) is 6.41. The Morgan fingerprint density at radius 1 is 1.44 bits per heavy atom. The number of hydrogen-bond donors (Lipinski definition) is 1. The Labute approximate surface area is 108 Å². The van der Waals surface area contributed by atoms with Crippen molar-refractivity contribution in [2.45, 2.75) is 33.2 Å². The van der Waals surface area contributed by atoms with E-state index in [1.807, 2.05) is 31.8 Å². The molecule has 4 nitrogen and oxygen atoms in total. The first kappa shape index (κ1) is 12.9. The lowest BCUT2D eigenvalue weighted by Gasteiger charge is -2.15. The third-order valence-corrected chi connectivity index (χ3v) is 3.02. The highest BCUT2D eigenvalue weighted by atomic mass is 16.3. The van der Waals surface area contributed by atoms with Crippen molar-refractivity contribution in [2.75, 3.05) is 6.54 Å². The van der Waals surface area contributed by atoms with Gasteiger partial charge in [-0.05, 0) is 38.9 Å². The Hall–Kier alpha value is -1.55. The zero-order valence-electron chi connectivity index (χ0n) is 11.5. The number of nitrogens with zero attached hydrogens (tertiary/aromatic N) is 2. The van der Waals surface area contributed by atoms with E-state index in [4.69, 9.17) is 4.42 Å². The monoisotopic (exact) mass is 247 g/mol. The summed E-state index contributed by atoms with van der Waals surface area (Å²) >= 11 is 0. The number of furan rings is 1. The van der Waals surface area contributed by atoms with E-state index in [1.165, 1.54) is 5.56 Å². The van der Waals surface area contributed by atoms with Gasteiger partial charge in [0, 0.05) is 18.8 Å². The molecule has 0 amide bonds. The fourth-order valence-electron chi connectivity index (χ4n) is 2.19. The molecule has 0 bridgehead atoms. The molecule has 0 spiro atoms. The SMILES string of the molecule is CCCNC(c1ccn(C)n1)c1cc(C)oc1C. The van der Waals surface area contributed by atoms with Crippen LogP contribution >= 0.6 is 0 Å². The summed E-state index contributed by atoms with van der Waals surface area (Å²) in [4.78, 5) is 0. The summed E-state index contributed by atoms with van der Waals surface area (Å²) in [6, 6.07) is 4.26. The van der Waals surface area contributed by atoms with Gasteiger partial charge in [-0.2, -0.15) is 5.10 Å². The summed E-state index contributed by atoms with van der Waals surface area (Å²) in [6.07, 6.45) is 3.07. The standard InChI is InChI=1S/C14H21N3O/c1-5-7-15-14(13-6-8-17(4)16-13)12-9-10(2)18-11(12)3/h6,8-9,14-15H,5,7H2,1-4H3. The van der Waals surface area contributed by atoms with Crippen LogP contribution in [0.4, 0.5) is 0 Å². The molecule has 4 heteroatoms. The number of rotatable bonds is 5. The van der Waals surface area contributed by atoms with Crippen LogP contribution in [-0.2, 0) is 7.05 Å². The van der Waals surface area contributed by atoms with Crippen LogP contribution in [0.1, 0.15) is 42.2 Å². The van der Waals surface area contributed by atoms with E-state index in [9.17, 15) is 0 Å². The van der Waals surface area contributed by atoms with Crippen LogP contribution in [-0.4, -0.2) is 16.3 Å². The predicted octanol–water partition coefficient (Wildman–Crippen LogP) is 2.72. The van der Waals surface area contributed by atoms with Gasteiger partial charge in [0.15, 0.2) is 0 Å². The summed E-state index contributed by atoms with van der Waals surface area (Å²) in [5.41, 5.74) is 2.22. The average Bonchev–Trinajstić information content (AvgIpc) is 2.87. The van der Waals surface area contributed by atoms with Gasteiger partial charge in [-0.1, -0.05) is 6.92 Å². The molecular formula is C14H21N3O. The third-order valence-electron chi connectivity index (χ3n) is 3.02. The highest BCUT2D eigenvalue weighted by Gasteiger charge is 2.20. The molecule has 1 unspecified atom stereocenters. The molecule has 2 aromatic heterocycles. The molecule has 2 heterocycles. The number of hydrogen-bond acceptors (Lipinski definition) is 3. The molecule has 2 rings (SSSR count). The molecule has 0 aliphatic heterocycles. The van der Waals surface area contributed by atoms with Crippen molar-refractivity contribution in [3.8, 4) is 0 Å². The normalized spacial score (nSPS) is 12.9. The summed E-state index contributed by atoms with van der Waals surface area (Å²) in [5, 5.41) is 8.04. The first-order valence-corrected chi connectivity index (χ1v) is 6.41. The molecule has 0 saturated heterocycles. The van der Waals surface area contributed by atoms with Gasteiger partial charge in [0.2, 0.25) is 0 Å². The van der Waals surface area contributed by atoms with E-state index >= 15 is 0 Å². The van der Waals surface area contributed by atoms with E-state index in [2.05, 4.69) is 29.5 Å². The molecule has 0 fully saturated rings. The molecule has 1 N–H and O–H groups in total. The minimum atomic E-state index is 0.114.